The maximum absolute atomic E-state index is 12.9. The quantitative estimate of drug-likeness (QED) is 0.00498. The molecular formula is C42H31I4N13O18S4-2. The fraction of sp³-hybridized carbons (Fsp3) is 0.0476. The molecule has 2 aromatic heterocycles. The molecule has 12 N–H and O–H groups in total. The van der Waals surface area contributed by atoms with Crippen LogP contribution in [-0.2, 0) is 39.0 Å². The summed E-state index contributed by atoms with van der Waals surface area (Å²) in [5, 5.41) is 73.5. The van der Waals surface area contributed by atoms with Gasteiger partial charge in [0.05, 0.1) is 33.2 Å². The fourth-order valence-electron chi connectivity index (χ4n) is 7.31. The van der Waals surface area contributed by atoms with Gasteiger partial charge in [-0.2, -0.15) is 13.4 Å². The van der Waals surface area contributed by atoms with Gasteiger partial charge in [0.2, 0.25) is 5.95 Å². The minimum absolute atomic E-state index is 0.000323. The maximum atomic E-state index is 12.9. The summed E-state index contributed by atoms with van der Waals surface area (Å²) in [6.07, 6.45) is 0. The molecule has 0 saturated carbocycles. The summed E-state index contributed by atoms with van der Waals surface area (Å²) in [4.78, 5) is 49.4. The topological polar surface area (TPSA) is 458 Å². The van der Waals surface area contributed by atoms with E-state index in [4.69, 9.17) is 23.6 Å². The molecule has 8 aromatic rings. The van der Waals surface area contributed by atoms with E-state index in [2.05, 4.69) is 89.1 Å². The summed E-state index contributed by atoms with van der Waals surface area (Å²) in [6.45, 7) is 3.14. The molecule has 0 aliphatic rings. The molecule has 0 fully saturated rings. The number of phenols is 1. The number of carbonyl (C=O) groups is 2. The number of carboxylic acid groups (broad SMARTS) is 2. The second kappa shape index (κ2) is 26.2. The molecule has 31 nitrogen and oxygen atoms in total. The summed E-state index contributed by atoms with van der Waals surface area (Å²) >= 11 is 2.42. The van der Waals surface area contributed by atoms with Gasteiger partial charge in [-0.05, 0) is 30.5 Å². The van der Waals surface area contributed by atoms with E-state index in [9.17, 15) is 50.8 Å². The summed E-state index contributed by atoms with van der Waals surface area (Å²) in [5.74, 6) is -3.11. The summed E-state index contributed by atoms with van der Waals surface area (Å²) < 4.78 is 87.8. The smallest absolute Gasteiger partial charge is 0.505 e. The van der Waals surface area contributed by atoms with Crippen LogP contribution in [0.1, 0.15) is 32.4 Å². The molecule has 0 aliphatic heterocycles. The van der Waals surface area contributed by atoms with Crippen LogP contribution in [0, 0.1) is 13.8 Å². The first-order chi connectivity index (χ1) is 38.5. The van der Waals surface area contributed by atoms with Crippen LogP contribution in [0.25, 0.3) is 21.5 Å². The number of rotatable bonds is 23. The second-order valence-corrected chi connectivity index (χ2v) is 26.9. The minimum Gasteiger partial charge on any atom is -0.505 e. The van der Waals surface area contributed by atoms with E-state index in [1.165, 1.54) is 18.2 Å². The number of nitrogens with zero attached hydrogens (tertiary/aromatic N) is 9. The summed E-state index contributed by atoms with van der Waals surface area (Å²) in [7, 11) is -9.73. The number of phenolic OH excluding ortho intramolecular Hbond substituents is 1. The fourth-order valence-corrected chi connectivity index (χ4v) is 14.4. The zero-order valence-corrected chi connectivity index (χ0v) is 51.8. The molecule has 39 heteroatoms. The van der Waals surface area contributed by atoms with Crippen molar-refractivity contribution in [3.8, 4) is 11.5 Å². The van der Waals surface area contributed by atoms with Crippen molar-refractivity contribution in [3.63, 3.8) is 0 Å². The molecule has 0 spiro atoms. The monoisotopic (exact) mass is 1640 g/mol. The molecule has 2 heterocycles. The number of azo groups is 1. The molecule has 0 saturated heterocycles. The number of hydrogen-bond donors (Lipinski definition) is 11. The van der Waals surface area contributed by atoms with Crippen LogP contribution in [0.3, 0.4) is 0 Å². The van der Waals surface area contributed by atoms with E-state index in [-0.39, 0.29) is 101 Å². The number of nitrogens with one attached hydrogen (secondary N) is 3. The Balaban J connectivity index is 1.12. The predicted molar refractivity (Wildman–Crippen MR) is 296 cm³/mol. The molecule has 0 amide bonds. The van der Waals surface area contributed by atoms with Gasteiger partial charge in [-0.3, -0.25) is 4.55 Å². The van der Waals surface area contributed by atoms with Gasteiger partial charge in [-0.25, -0.2) is 5.26 Å². The molecular weight excluding hydrogens is 1610 g/mol. The number of halogens is 4. The van der Waals surface area contributed by atoms with Crippen molar-refractivity contribution >= 4 is 179 Å². The molecule has 8 rings (SSSR count). The number of anilines is 9. The van der Waals surface area contributed by atoms with Gasteiger partial charge in [-0.15, -0.1) is 4.33 Å². The van der Waals surface area contributed by atoms with E-state index in [1.807, 2.05) is 18.6 Å². The van der Waals surface area contributed by atoms with Crippen molar-refractivity contribution < 1.29 is 118 Å². The minimum atomic E-state index is -4.92. The normalized spacial score (nSPS) is 11.9. The third kappa shape index (κ3) is 14.7. The number of aryl methyl sites for hydroxylation is 2. The van der Waals surface area contributed by atoms with Crippen LogP contribution in [0.5, 0.6) is 11.5 Å². The van der Waals surface area contributed by atoms with E-state index in [0.29, 0.717) is 35.5 Å². The molecule has 0 aliphatic carbocycles. The van der Waals surface area contributed by atoms with Gasteiger partial charge in [0, 0.05) is 5.39 Å². The van der Waals surface area contributed by atoms with Crippen LogP contribution in [-0.4, -0.2) is 93.6 Å². The van der Waals surface area contributed by atoms with E-state index in [0.717, 1.165) is 36.4 Å². The molecule has 426 valence electrons. The second-order valence-electron chi connectivity index (χ2n) is 15.7. The number of nitrogen functional groups attached to an aromatic ring is 1. The van der Waals surface area contributed by atoms with Gasteiger partial charge in [-0.1, -0.05) is 5.04 Å². The zero-order chi connectivity index (χ0) is 58.5. The van der Waals surface area contributed by atoms with Crippen molar-refractivity contribution in [1.29, 1.82) is 0 Å². The van der Waals surface area contributed by atoms with Gasteiger partial charge < -0.3 is 16.2 Å². The number of aromatic hydroxyl groups is 1. The summed E-state index contributed by atoms with van der Waals surface area (Å²) in [5.41, 5.74) is 5.67. The standard InChI is InChI=1S/C42H31I4N13O18S4/c1-16-48-39(55-41(49-16)54-27-14-25(80(67,68)69)10-18-12-29(78-76-74-65)33(47)35(60)31(18)27)52-22-3-5-23(6-4-22)53-40-50-17(2)51-42(56-40)59(45-43)28-15-26(81(70,71)72)11-19-13-30(79-77-75-66)34(36(32(19)28)73-46-44)58-57-24-8-20(37(61)62)7-21(9-24)38(63)64/h3-15,60,65-66H,47H2,1-2H3,(H,61,62)(H,63,64)(H,67,68,69)(H,70,71,72)(H,50,51,53,56)(H2,48,49,52,54,55)/q-2. The first kappa shape index (κ1) is 61.3. The van der Waals surface area contributed by atoms with Crippen molar-refractivity contribution in [3.05, 3.63) is 102 Å². The van der Waals surface area contributed by atoms with E-state index >= 15 is 0 Å². The van der Waals surface area contributed by atoms with Crippen molar-refractivity contribution in [2.75, 3.05) is 24.8 Å². The SMILES string of the molecule is Cc1nc(Nc2ccc(Nc3nc(C)nc(N([I-]I)c4cc(S(=O)(=O)O)cc5cc(SOOO)c(N=Nc6cc(C(=O)O)cc(C(=O)O)c6)c(O[I-]I)c45)n3)cc2)nc(Nc2cc(S(=O)(=O)O)cc3cc(SOOO)c(N)c(O)c23)n1. The van der Waals surface area contributed by atoms with E-state index < -0.39 is 94.0 Å². The Bertz CT molecular complexity index is 4040. The number of fused-ring (bicyclic) bond motifs is 2. The third-order valence-corrected chi connectivity index (χ3v) is 18.9. The number of hydrogen-bond acceptors (Lipinski definition) is 29. The number of aromatic carboxylic acids is 2. The Morgan fingerprint density at radius 3 is 1.74 bits per heavy atom. The van der Waals surface area contributed by atoms with Crippen molar-refractivity contribution in [1.82, 2.24) is 29.9 Å². The molecule has 81 heavy (non-hydrogen) atoms. The number of carboxylic acids is 2. The van der Waals surface area contributed by atoms with Crippen molar-refractivity contribution in [2.24, 2.45) is 10.2 Å². The molecule has 0 unspecified atom stereocenters. The zero-order valence-electron chi connectivity index (χ0n) is 39.9. The Morgan fingerprint density at radius 1 is 0.679 bits per heavy atom. The van der Waals surface area contributed by atoms with Gasteiger partial charge in [0.15, 0.2) is 0 Å². The predicted octanol–water partition coefficient (Wildman–Crippen LogP) is 3.89. The van der Waals surface area contributed by atoms with Crippen LogP contribution in [0.2, 0.25) is 0 Å². The Morgan fingerprint density at radius 2 is 1.20 bits per heavy atom. The molecule has 6 aromatic carbocycles. The van der Waals surface area contributed by atoms with E-state index in [1.54, 1.807) is 41.2 Å². The first-order valence-corrected chi connectivity index (χ1v) is 40.1. The Kier molecular flexibility index (Phi) is 19.8. The molecule has 0 bridgehead atoms. The Hall–Kier alpha value is -5.80. The number of aromatic nitrogens is 6. The van der Waals surface area contributed by atoms with Gasteiger partial charge in [0.1, 0.15) is 11.6 Å². The average molecular weight is 1640 g/mol. The number of nitrogens with two attached hydrogens (primary N) is 1. The van der Waals surface area contributed by atoms with Gasteiger partial charge >= 0.3 is 363 Å². The molecule has 0 radical (unpaired) electrons. The van der Waals surface area contributed by atoms with Crippen LogP contribution in [0.15, 0.2) is 109 Å². The summed E-state index contributed by atoms with van der Waals surface area (Å²) in [6, 6.07) is 16.8. The first-order valence-electron chi connectivity index (χ1n) is 21.4. The number of benzene rings is 6. The van der Waals surface area contributed by atoms with Crippen molar-refractivity contribution in [2.45, 2.75) is 33.4 Å². The van der Waals surface area contributed by atoms with Crippen LogP contribution in [0.4, 0.5) is 63.6 Å². The van der Waals surface area contributed by atoms with Crippen LogP contribution < -0.4 is 63.0 Å². The van der Waals surface area contributed by atoms with Crippen LogP contribution >= 0.6 is 61.3 Å². The molecule has 0 atom stereocenters. The Labute approximate surface area is 503 Å². The van der Waals surface area contributed by atoms with Gasteiger partial charge in [0.25, 0.3) is 10.1 Å². The average Bonchev–Trinajstić information content (AvgIpc) is 3.58. The third-order valence-electron chi connectivity index (χ3n) is 10.5.